The lowest BCUT2D eigenvalue weighted by Crippen LogP contribution is -2.39. The highest BCUT2D eigenvalue weighted by atomic mass is 15.2. The van der Waals surface area contributed by atoms with Crippen molar-refractivity contribution >= 4 is 5.96 Å². The van der Waals surface area contributed by atoms with Crippen molar-refractivity contribution in [1.82, 2.24) is 10.6 Å². The lowest BCUT2D eigenvalue weighted by atomic mass is 9.96. The van der Waals surface area contributed by atoms with E-state index in [0.717, 1.165) is 12.5 Å². The SMILES string of the molecule is CN=C(NC)NCC1(c2ccccc2)CC1. The molecule has 0 unspecified atom stereocenters. The maximum Gasteiger partial charge on any atom is 0.190 e. The third-order valence-corrected chi connectivity index (χ3v) is 3.29. The van der Waals surface area contributed by atoms with E-state index < -0.39 is 0 Å². The van der Waals surface area contributed by atoms with E-state index >= 15 is 0 Å². The number of guanidine groups is 1. The van der Waals surface area contributed by atoms with E-state index in [1.165, 1.54) is 18.4 Å². The average molecular weight is 217 g/mol. The third-order valence-electron chi connectivity index (χ3n) is 3.29. The standard InChI is InChI=1S/C13H19N3/c1-14-12(15-2)16-10-13(8-9-13)11-6-4-3-5-7-11/h3-7H,8-10H2,1-2H3,(H2,14,15,16). The van der Waals surface area contributed by atoms with Gasteiger partial charge >= 0.3 is 0 Å². The first-order chi connectivity index (χ1) is 7.80. The Bertz CT molecular complexity index is 366. The van der Waals surface area contributed by atoms with Gasteiger partial charge in [0.15, 0.2) is 5.96 Å². The van der Waals surface area contributed by atoms with Crippen LogP contribution in [0.4, 0.5) is 0 Å². The Morgan fingerprint density at radius 3 is 2.50 bits per heavy atom. The fraction of sp³-hybridized carbons (Fsp3) is 0.462. The molecule has 1 aromatic rings. The molecule has 1 aromatic carbocycles. The van der Waals surface area contributed by atoms with E-state index in [0.29, 0.717) is 5.41 Å². The molecule has 3 nitrogen and oxygen atoms in total. The Balaban J connectivity index is 2.00. The second-order valence-electron chi connectivity index (χ2n) is 4.32. The number of hydrogen-bond acceptors (Lipinski definition) is 1. The van der Waals surface area contributed by atoms with Gasteiger partial charge in [-0.25, -0.2) is 0 Å². The molecular weight excluding hydrogens is 198 g/mol. The van der Waals surface area contributed by atoms with E-state index in [-0.39, 0.29) is 0 Å². The minimum Gasteiger partial charge on any atom is -0.359 e. The van der Waals surface area contributed by atoms with Crippen LogP contribution >= 0.6 is 0 Å². The Hall–Kier alpha value is -1.51. The Labute approximate surface area is 97.0 Å². The predicted molar refractivity (Wildman–Crippen MR) is 67.8 cm³/mol. The molecule has 2 rings (SSSR count). The molecule has 0 saturated heterocycles. The molecule has 1 saturated carbocycles. The predicted octanol–water partition coefficient (Wildman–Crippen LogP) is 1.51. The minimum absolute atomic E-state index is 0.341. The zero-order valence-electron chi connectivity index (χ0n) is 9.96. The maximum absolute atomic E-state index is 4.13. The van der Waals surface area contributed by atoms with Gasteiger partial charge in [-0.1, -0.05) is 30.3 Å². The van der Waals surface area contributed by atoms with Crippen LogP contribution in [0.5, 0.6) is 0 Å². The van der Waals surface area contributed by atoms with Crippen molar-refractivity contribution in [2.75, 3.05) is 20.6 Å². The monoisotopic (exact) mass is 217 g/mol. The lowest BCUT2D eigenvalue weighted by molar-refractivity contribution is 0.651. The summed E-state index contributed by atoms with van der Waals surface area (Å²) in [6.07, 6.45) is 2.54. The molecule has 1 fully saturated rings. The Morgan fingerprint density at radius 1 is 1.31 bits per heavy atom. The summed E-state index contributed by atoms with van der Waals surface area (Å²) in [5.74, 6) is 0.863. The quantitative estimate of drug-likeness (QED) is 0.595. The van der Waals surface area contributed by atoms with Crippen LogP contribution in [-0.2, 0) is 5.41 Å². The second-order valence-corrected chi connectivity index (χ2v) is 4.32. The summed E-state index contributed by atoms with van der Waals surface area (Å²) >= 11 is 0. The molecule has 0 amide bonds. The van der Waals surface area contributed by atoms with Crippen molar-refractivity contribution in [3.05, 3.63) is 35.9 Å². The van der Waals surface area contributed by atoms with Gasteiger partial charge in [-0.15, -0.1) is 0 Å². The number of aliphatic imine (C=N–C) groups is 1. The van der Waals surface area contributed by atoms with Crippen molar-refractivity contribution < 1.29 is 0 Å². The van der Waals surface area contributed by atoms with E-state index in [1.807, 2.05) is 7.05 Å². The summed E-state index contributed by atoms with van der Waals surface area (Å²) in [4.78, 5) is 4.13. The number of hydrogen-bond donors (Lipinski definition) is 2. The van der Waals surface area contributed by atoms with Crippen LogP contribution in [0.3, 0.4) is 0 Å². The molecule has 2 N–H and O–H groups in total. The van der Waals surface area contributed by atoms with E-state index in [1.54, 1.807) is 7.05 Å². The molecule has 1 aliphatic carbocycles. The fourth-order valence-electron chi connectivity index (χ4n) is 2.04. The van der Waals surface area contributed by atoms with Crippen LogP contribution in [0.2, 0.25) is 0 Å². The lowest BCUT2D eigenvalue weighted by Gasteiger charge is -2.17. The van der Waals surface area contributed by atoms with Gasteiger partial charge in [0.1, 0.15) is 0 Å². The molecule has 0 aliphatic heterocycles. The minimum atomic E-state index is 0.341. The largest absolute Gasteiger partial charge is 0.359 e. The van der Waals surface area contributed by atoms with Gasteiger partial charge in [0.05, 0.1) is 0 Å². The fourth-order valence-corrected chi connectivity index (χ4v) is 2.04. The Morgan fingerprint density at radius 2 is 2.00 bits per heavy atom. The number of rotatable bonds is 3. The third kappa shape index (κ3) is 2.18. The first kappa shape index (κ1) is 11.0. The average Bonchev–Trinajstić information content (AvgIpc) is 3.13. The van der Waals surface area contributed by atoms with Gasteiger partial charge in [-0.2, -0.15) is 0 Å². The molecule has 16 heavy (non-hydrogen) atoms. The van der Waals surface area contributed by atoms with E-state index in [4.69, 9.17) is 0 Å². The highest BCUT2D eigenvalue weighted by Gasteiger charge is 2.43. The molecule has 0 radical (unpaired) electrons. The van der Waals surface area contributed by atoms with Gasteiger partial charge in [-0.3, -0.25) is 4.99 Å². The van der Waals surface area contributed by atoms with Gasteiger partial charge in [0, 0.05) is 26.1 Å². The first-order valence-electron chi connectivity index (χ1n) is 5.75. The number of nitrogens with one attached hydrogen (secondary N) is 2. The van der Waals surface area contributed by atoms with Crippen molar-refractivity contribution in [3.63, 3.8) is 0 Å². The van der Waals surface area contributed by atoms with Crippen molar-refractivity contribution in [2.45, 2.75) is 18.3 Å². The summed E-state index contributed by atoms with van der Waals surface area (Å²) in [6.45, 7) is 0.963. The van der Waals surface area contributed by atoms with Gasteiger partial charge in [0.2, 0.25) is 0 Å². The van der Waals surface area contributed by atoms with Crippen molar-refractivity contribution in [1.29, 1.82) is 0 Å². The number of benzene rings is 1. The van der Waals surface area contributed by atoms with Crippen LogP contribution in [0.1, 0.15) is 18.4 Å². The van der Waals surface area contributed by atoms with Crippen LogP contribution in [-0.4, -0.2) is 26.6 Å². The smallest absolute Gasteiger partial charge is 0.190 e. The normalized spacial score (nSPS) is 18.0. The van der Waals surface area contributed by atoms with Crippen LogP contribution < -0.4 is 10.6 Å². The van der Waals surface area contributed by atoms with Gasteiger partial charge < -0.3 is 10.6 Å². The topological polar surface area (TPSA) is 36.4 Å². The van der Waals surface area contributed by atoms with Crippen LogP contribution in [0.25, 0.3) is 0 Å². The summed E-state index contributed by atoms with van der Waals surface area (Å²) in [7, 11) is 3.68. The molecule has 3 heteroatoms. The molecular formula is C13H19N3. The van der Waals surface area contributed by atoms with Gasteiger partial charge in [-0.05, 0) is 18.4 Å². The summed E-state index contributed by atoms with van der Waals surface area (Å²) in [6, 6.07) is 10.7. The van der Waals surface area contributed by atoms with E-state index in [2.05, 4.69) is 46.0 Å². The molecule has 0 bridgehead atoms. The maximum atomic E-state index is 4.13. The molecule has 0 atom stereocenters. The summed E-state index contributed by atoms with van der Waals surface area (Å²) in [5.41, 5.74) is 1.78. The van der Waals surface area contributed by atoms with Crippen LogP contribution in [0, 0.1) is 0 Å². The molecule has 1 aliphatic rings. The molecule has 86 valence electrons. The summed E-state index contributed by atoms with van der Waals surface area (Å²) < 4.78 is 0. The second kappa shape index (κ2) is 4.56. The van der Waals surface area contributed by atoms with Crippen molar-refractivity contribution in [3.8, 4) is 0 Å². The van der Waals surface area contributed by atoms with Gasteiger partial charge in [0.25, 0.3) is 0 Å². The highest BCUT2D eigenvalue weighted by molar-refractivity contribution is 5.79. The Kier molecular flexibility index (Phi) is 3.13. The van der Waals surface area contributed by atoms with Crippen molar-refractivity contribution in [2.24, 2.45) is 4.99 Å². The number of nitrogens with zero attached hydrogens (tertiary/aromatic N) is 1. The summed E-state index contributed by atoms with van der Waals surface area (Å²) in [5, 5.41) is 6.40. The van der Waals surface area contributed by atoms with Crippen LogP contribution in [0.15, 0.2) is 35.3 Å². The molecule has 0 spiro atoms. The molecule has 0 heterocycles. The molecule has 0 aromatic heterocycles. The zero-order valence-corrected chi connectivity index (χ0v) is 9.96. The zero-order chi connectivity index (χ0) is 11.4. The first-order valence-corrected chi connectivity index (χ1v) is 5.75. The highest BCUT2D eigenvalue weighted by Crippen LogP contribution is 2.47. The van der Waals surface area contributed by atoms with E-state index in [9.17, 15) is 0 Å².